The van der Waals surface area contributed by atoms with Crippen LogP contribution in [0.15, 0.2) is 30.3 Å². The third kappa shape index (κ3) is 2.56. The number of likely N-dealkylation sites (tertiary alicyclic amines) is 2. The second-order valence-electron chi connectivity index (χ2n) is 5.82. The lowest BCUT2D eigenvalue weighted by Gasteiger charge is -2.19. The summed E-state index contributed by atoms with van der Waals surface area (Å²) in [5, 5.41) is 2.85. The van der Waals surface area contributed by atoms with Crippen molar-refractivity contribution >= 4 is 17.8 Å². The van der Waals surface area contributed by atoms with Crippen molar-refractivity contribution in [1.82, 2.24) is 15.1 Å². The molecule has 2 saturated heterocycles. The van der Waals surface area contributed by atoms with E-state index in [0.717, 1.165) is 12.0 Å². The van der Waals surface area contributed by atoms with Crippen LogP contribution in [0.4, 0.5) is 4.79 Å². The monoisotopic (exact) mass is 301 g/mol. The molecular weight excluding hydrogens is 282 g/mol. The minimum Gasteiger partial charge on any atom is -0.338 e. The quantitative estimate of drug-likeness (QED) is 0.826. The van der Waals surface area contributed by atoms with Gasteiger partial charge in [0.15, 0.2) is 0 Å². The van der Waals surface area contributed by atoms with Crippen LogP contribution in [0.2, 0.25) is 0 Å². The molecule has 2 atom stereocenters. The molecule has 0 spiro atoms. The van der Waals surface area contributed by atoms with E-state index in [1.807, 2.05) is 30.3 Å². The van der Waals surface area contributed by atoms with E-state index in [0.29, 0.717) is 19.6 Å². The van der Waals surface area contributed by atoms with Gasteiger partial charge >= 0.3 is 6.03 Å². The van der Waals surface area contributed by atoms with Crippen LogP contribution in [-0.2, 0) is 16.0 Å². The van der Waals surface area contributed by atoms with Gasteiger partial charge in [0.1, 0.15) is 0 Å². The molecule has 1 aromatic carbocycles. The lowest BCUT2D eigenvalue weighted by atomic mass is 10.00. The van der Waals surface area contributed by atoms with Gasteiger partial charge < -0.3 is 10.2 Å². The molecule has 1 aromatic rings. The zero-order chi connectivity index (χ0) is 15.7. The first-order valence-corrected chi connectivity index (χ1v) is 7.46. The van der Waals surface area contributed by atoms with Gasteiger partial charge in [-0.25, -0.2) is 4.79 Å². The van der Waals surface area contributed by atoms with Crippen LogP contribution in [-0.4, -0.2) is 54.3 Å². The Balaban J connectivity index is 1.50. The number of nitrogens with one attached hydrogen (secondary N) is 1. The lowest BCUT2D eigenvalue weighted by molar-refractivity contribution is -0.138. The number of carbonyl (C=O) groups is 3. The SMILES string of the molecule is CN1C(=O)[C@H]2CN(C(=O)NCCc3ccccc3)C[C@H]2C1=O. The van der Waals surface area contributed by atoms with Crippen LogP contribution in [0.1, 0.15) is 5.56 Å². The Kier molecular flexibility index (Phi) is 3.83. The topological polar surface area (TPSA) is 69.7 Å². The average Bonchev–Trinajstić information content (AvgIpc) is 3.05. The molecule has 116 valence electrons. The maximum absolute atomic E-state index is 12.1. The van der Waals surface area contributed by atoms with Gasteiger partial charge in [-0.05, 0) is 12.0 Å². The minimum atomic E-state index is -0.364. The smallest absolute Gasteiger partial charge is 0.317 e. The van der Waals surface area contributed by atoms with Gasteiger partial charge in [-0.1, -0.05) is 30.3 Å². The van der Waals surface area contributed by atoms with E-state index in [2.05, 4.69) is 5.32 Å². The van der Waals surface area contributed by atoms with Crippen LogP contribution in [0, 0.1) is 11.8 Å². The molecular formula is C16H19N3O3. The summed E-state index contributed by atoms with van der Waals surface area (Å²) >= 11 is 0. The molecule has 2 heterocycles. The fourth-order valence-electron chi connectivity index (χ4n) is 3.15. The number of hydrogen-bond donors (Lipinski definition) is 1. The molecule has 2 aliphatic rings. The maximum Gasteiger partial charge on any atom is 0.317 e. The second-order valence-corrected chi connectivity index (χ2v) is 5.82. The Morgan fingerprint density at radius 2 is 1.73 bits per heavy atom. The van der Waals surface area contributed by atoms with Crippen molar-refractivity contribution in [2.24, 2.45) is 11.8 Å². The van der Waals surface area contributed by atoms with Gasteiger partial charge in [-0.2, -0.15) is 0 Å². The number of carbonyl (C=O) groups excluding carboxylic acids is 3. The molecule has 22 heavy (non-hydrogen) atoms. The van der Waals surface area contributed by atoms with E-state index in [-0.39, 0.29) is 29.7 Å². The van der Waals surface area contributed by atoms with Crippen LogP contribution >= 0.6 is 0 Å². The first-order valence-electron chi connectivity index (χ1n) is 7.46. The number of hydrogen-bond acceptors (Lipinski definition) is 3. The Labute approximate surface area is 129 Å². The number of rotatable bonds is 3. The summed E-state index contributed by atoms with van der Waals surface area (Å²) < 4.78 is 0. The average molecular weight is 301 g/mol. The molecule has 4 amide bonds. The summed E-state index contributed by atoms with van der Waals surface area (Å²) in [6.45, 7) is 1.20. The first kappa shape index (κ1) is 14.6. The van der Waals surface area contributed by atoms with Crippen LogP contribution < -0.4 is 5.32 Å². The van der Waals surface area contributed by atoms with Crippen molar-refractivity contribution in [3.8, 4) is 0 Å². The fourth-order valence-corrected chi connectivity index (χ4v) is 3.15. The van der Waals surface area contributed by atoms with Gasteiger partial charge in [0.2, 0.25) is 11.8 Å². The zero-order valence-corrected chi connectivity index (χ0v) is 12.5. The molecule has 0 radical (unpaired) electrons. The Bertz CT molecular complexity index is 578. The molecule has 6 heteroatoms. The first-order chi connectivity index (χ1) is 10.6. The predicted octanol–water partition coefficient (Wildman–Crippen LogP) is 0.485. The Morgan fingerprint density at radius 3 is 2.32 bits per heavy atom. The molecule has 2 fully saturated rings. The van der Waals surface area contributed by atoms with E-state index in [9.17, 15) is 14.4 Å². The maximum atomic E-state index is 12.1. The summed E-state index contributed by atoms with van der Waals surface area (Å²) in [5.74, 6) is -1.07. The van der Waals surface area contributed by atoms with E-state index in [1.54, 1.807) is 4.90 Å². The molecule has 0 saturated carbocycles. The van der Waals surface area contributed by atoms with E-state index in [4.69, 9.17) is 0 Å². The normalized spacial score (nSPS) is 23.9. The third-order valence-corrected chi connectivity index (χ3v) is 4.44. The van der Waals surface area contributed by atoms with Crippen LogP contribution in [0.5, 0.6) is 0 Å². The highest BCUT2D eigenvalue weighted by Gasteiger charge is 2.51. The fraction of sp³-hybridized carbons (Fsp3) is 0.438. The number of fused-ring (bicyclic) bond motifs is 1. The van der Waals surface area contributed by atoms with Gasteiger partial charge in [0, 0.05) is 26.7 Å². The predicted molar refractivity (Wildman–Crippen MR) is 79.9 cm³/mol. The van der Waals surface area contributed by atoms with Gasteiger partial charge in [-0.3, -0.25) is 14.5 Å². The number of benzene rings is 1. The highest BCUT2D eigenvalue weighted by atomic mass is 16.2. The van der Waals surface area contributed by atoms with Crippen LogP contribution in [0.3, 0.4) is 0 Å². The number of urea groups is 1. The van der Waals surface area contributed by atoms with Gasteiger partial charge in [-0.15, -0.1) is 0 Å². The summed E-state index contributed by atoms with van der Waals surface area (Å²) in [6.07, 6.45) is 0.758. The van der Waals surface area contributed by atoms with Crippen molar-refractivity contribution in [3.05, 3.63) is 35.9 Å². The molecule has 0 bridgehead atoms. The molecule has 0 aromatic heterocycles. The number of nitrogens with zero attached hydrogens (tertiary/aromatic N) is 2. The zero-order valence-electron chi connectivity index (χ0n) is 12.5. The third-order valence-electron chi connectivity index (χ3n) is 4.44. The Morgan fingerprint density at radius 1 is 1.14 bits per heavy atom. The van der Waals surface area contributed by atoms with Gasteiger partial charge in [0.05, 0.1) is 11.8 Å². The van der Waals surface area contributed by atoms with Crippen molar-refractivity contribution in [1.29, 1.82) is 0 Å². The number of amides is 4. The molecule has 2 aliphatic heterocycles. The van der Waals surface area contributed by atoms with E-state index < -0.39 is 0 Å². The summed E-state index contributed by atoms with van der Waals surface area (Å²) in [6, 6.07) is 9.71. The van der Waals surface area contributed by atoms with Crippen LogP contribution in [0.25, 0.3) is 0 Å². The molecule has 1 N–H and O–H groups in total. The number of imide groups is 1. The van der Waals surface area contributed by atoms with Crippen molar-refractivity contribution in [2.75, 3.05) is 26.7 Å². The highest BCUT2D eigenvalue weighted by molar-refractivity contribution is 6.05. The van der Waals surface area contributed by atoms with Crippen molar-refractivity contribution < 1.29 is 14.4 Å². The summed E-state index contributed by atoms with van der Waals surface area (Å²) in [7, 11) is 1.51. The summed E-state index contributed by atoms with van der Waals surface area (Å²) in [4.78, 5) is 38.7. The van der Waals surface area contributed by atoms with E-state index in [1.165, 1.54) is 11.9 Å². The Hall–Kier alpha value is -2.37. The standard InChI is InChI=1S/C16H19N3O3/c1-18-14(20)12-9-19(10-13(12)15(18)21)16(22)17-8-7-11-5-3-2-4-6-11/h2-6,12-13H,7-10H2,1H3,(H,17,22)/t12-,13+. The lowest BCUT2D eigenvalue weighted by Crippen LogP contribution is -2.42. The molecule has 0 unspecified atom stereocenters. The molecule has 3 rings (SSSR count). The van der Waals surface area contributed by atoms with Crippen molar-refractivity contribution in [3.63, 3.8) is 0 Å². The highest BCUT2D eigenvalue weighted by Crippen LogP contribution is 2.32. The summed E-state index contributed by atoms with van der Waals surface area (Å²) in [5.41, 5.74) is 1.16. The van der Waals surface area contributed by atoms with Crippen molar-refractivity contribution in [2.45, 2.75) is 6.42 Å². The second kappa shape index (κ2) is 5.79. The van der Waals surface area contributed by atoms with Gasteiger partial charge in [0.25, 0.3) is 0 Å². The van der Waals surface area contributed by atoms with E-state index >= 15 is 0 Å². The molecule has 6 nitrogen and oxygen atoms in total. The largest absolute Gasteiger partial charge is 0.338 e. The molecule has 0 aliphatic carbocycles. The minimum absolute atomic E-state index is 0.172.